The minimum Gasteiger partial charge on any atom is -0.374 e. The lowest BCUT2D eigenvalue weighted by Crippen LogP contribution is -2.26. The molecule has 0 radical (unpaired) electrons. The number of benzene rings is 2. The number of halogens is 2. The topological polar surface area (TPSA) is 82.0 Å². The first-order valence-electron chi connectivity index (χ1n) is 11.6. The maximum Gasteiger partial charge on any atom is 0.263 e. The number of hydrogen-bond donors (Lipinski definition) is 1. The minimum absolute atomic E-state index is 0.259. The summed E-state index contributed by atoms with van der Waals surface area (Å²) in [6, 6.07) is 15.0. The van der Waals surface area contributed by atoms with Gasteiger partial charge in [0.2, 0.25) is 0 Å². The molecule has 0 saturated carbocycles. The third kappa shape index (κ3) is 4.03. The van der Waals surface area contributed by atoms with Crippen LogP contribution in [0.15, 0.2) is 84.2 Å². The van der Waals surface area contributed by atoms with E-state index in [1.807, 2.05) is 44.4 Å². The number of rotatable bonds is 5. The zero-order chi connectivity index (χ0) is 25.7. The minimum atomic E-state index is -0.434. The van der Waals surface area contributed by atoms with Crippen molar-refractivity contribution in [3.05, 3.63) is 106 Å². The molecule has 0 spiro atoms. The van der Waals surface area contributed by atoms with Crippen LogP contribution in [0.3, 0.4) is 0 Å². The first-order valence-corrected chi connectivity index (χ1v) is 12.0. The molecule has 4 heterocycles. The number of anilines is 1. The zero-order valence-electron chi connectivity index (χ0n) is 19.9. The van der Waals surface area contributed by atoms with E-state index in [0.717, 1.165) is 16.5 Å². The standard InChI is InChI=1S/C27H21ClFN7O/c1-16(32-22-13-24(28)33-35-10-9-30-26(22)35)23-11-17-5-3-8-21(18-14-31-34(2)15-18)25(17)27(37)36(23)20-7-4-6-19(29)12-20/h3-16,32H,1-2H3/t16-/m0/s1. The first-order chi connectivity index (χ1) is 17.9. The van der Waals surface area contributed by atoms with Crippen LogP contribution in [0.2, 0.25) is 5.15 Å². The molecule has 10 heteroatoms. The van der Waals surface area contributed by atoms with Gasteiger partial charge in [0.15, 0.2) is 10.8 Å². The zero-order valence-corrected chi connectivity index (χ0v) is 20.7. The van der Waals surface area contributed by atoms with Gasteiger partial charge in [-0.25, -0.2) is 13.9 Å². The van der Waals surface area contributed by atoms with Gasteiger partial charge in [-0.1, -0.05) is 35.9 Å². The summed E-state index contributed by atoms with van der Waals surface area (Å²) >= 11 is 6.23. The summed E-state index contributed by atoms with van der Waals surface area (Å²) in [7, 11) is 1.83. The van der Waals surface area contributed by atoms with Gasteiger partial charge >= 0.3 is 0 Å². The molecule has 4 aromatic heterocycles. The van der Waals surface area contributed by atoms with Crippen LogP contribution in [-0.4, -0.2) is 28.9 Å². The van der Waals surface area contributed by atoms with Crippen molar-refractivity contribution >= 4 is 33.7 Å². The Bertz CT molecular complexity index is 1860. The highest BCUT2D eigenvalue weighted by Crippen LogP contribution is 2.31. The van der Waals surface area contributed by atoms with Crippen LogP contribution >= 0.6 is 11.6 Å². The Morgan fingerprint density at radius 2 is 1.95 bits per heavy atom. The number of fused-ring (bicyclic) bond motifs is 2. The van der Waals surface area contributed by atoms with E-state index in [1.54, 1.807) is 50.6 Å². The number of pyridine rings is 1. The van der Waals surface area contributed by atoms with Gasteiger partial charge in [-0.15, -0.1) is 0 Å². The second kappa shape index (κ2) is 8.86. The van der Waals surface area contributed by atoms with E-state index in [9.17, 15) is 9.18 Å². The molecule has 0 bridgehead atoms. The number of imidazole rings is 1. The van der Waals surface area contributed by atoms with Gasteiger partial charge in [0.1, 0.15) is 5.82 Å². The molecule has 0 saturated heterocycles. The molecule has 0 aliphatic carbocycles. The van der Waals surface area contributed by atoms with Crippen molar-refractivity contribution in [2.24, 2.45) is 7.05 Å². The lowest BCUT2D eigenvalue weighted by molar-refractivity contribution is 0.625. The maximum absolute atomic E-state index is 14.3. The molecule has 0 amide bonds. The van der Waals surface area contributed by atoms with Gasteiger partial charge in [0.25, 0.3) is 5.56 Å². The molecule has 2 aromatic carbocycles. The van der Waals surface area contributed by atoms with Gasteiger partial charge in [0, 0.05) is 43.0 Å². The highest BCUT2D eigenvalue weighted by molar-refractivity contribution is 6.29. The third-order valence-electron chi connectivity index (χ3n) is 6.30. The van der Waals surface area contributed by atoms with Crippen molar-refractivity contribution in [3.63, 3.8) is 0 Å². The van der Waals surface area contributed by atoms with E-state index in [2.05, 4.69) is 20.5 Å². The summed E-state index contributed by atoms with van der Waals surface area (Å²) < 4.78 is 19.2. The summed E-state index contributed by atoms with van der Waals surface area (Å²) in [5.74, 6) is -0.434. The smallest absolute Gasteiger partial charge is 0.263 e. The Labute approximate surface area is 215 Å². The van der Waals surface area contributed by atoms with Crippen LogP contribution in [0.4, 0.5) is 10.1 Å². The first kappa shape index (κ1) is 22.9. The van der Waals surface area contributed by atoms with Crippen molar-refractivity contribution < 1.29 is 4.39 Å². The largest absolute Gasteiger partial charge is 0.374 e. The fourth-order valence-corrected chi connectivity index (χ4v) is 4.87. The summed E-state index contributed by atoms with van der Waals surface area (Å²) in [6.07, 6.45) is 6.92. The number of aromatic nitrogens is 6. The summed E-state index contributed by atoms with van der Waals surface area (Å²) in [5.41, 5.74) is 3.63. The Balaban J connectivity index is 1.59. The van der Waals surface area contributed by atoms with E-state index < -0.39 is 5.82 Å². The summed E-state index contributed by atoms with van der Waals surface area (Å²) in [4.78, 5) is 18.5. The van der Waals surface area contributed by atoms with E-state index in [4.69, 9.17) is 11.6 Å². The summed E-state index contributed by atoms with van der Waals surface area (Å²) in [5, 5.41) is 13.5. The molecule has 6 rings (SSSR count). The molecule has 0 aliphatic rings. The van der Waals surface area contributed by atoms with E-state index in [1.165, 1.54) is 12.1 Å². The molecular weight excluding hydrogens is 493 g/mol. The predicted octanol–water partition coefficient (Wildman–Crippen LogP) is 5.40. The molecule has 1 N–H and O–H groups in total. The van der Waals surface area contributed by atoms with Crippen molar-refractivity contribution in [1.82, 2.24) is 28.9 Å². The van der Waals surface area contributed by atoms with Crippen molar-refractivity contribution in [1.29, 1.82) is 0 Å². The highest BCUT2D eigenvalue weighted by Gasteiger charge is 2.20. The summed E-state index contributed by atoms with van der Waals surface area (Å²) in [6.45, 7) is 1.93. The number of aryl methyl sites for hydroxylation is 1. The predicted molar refractivity (Wildman–Crippen MR) is 142 cm³/mol. The van der Waals surface area contributed by atoms with Crippen LogP contribution in [0.1, 0.15) is 18.7 Å². The van der Waals surface area contributed by atoms with Crippen molar-refractivity contribution in [2.75, 3.05) is 5.32 Å². The van der Waals surface area contributed by atoms with Crippen LogP contribution in [-0.2, 0) is 7.05 Å². The average Bonchev–Trinajstić information content (AvgIpc) is 3.52. The van der Waals surface area contributed by atoms with E-state index >= 15 is 0 Å². The van der Waals surface area contributed by atoms with Gasteiger partial charge in [-0.05, 0) is 42.1 Å². The molecule has 6 aromatic rings. The van der Waals surface area contributed by atoms with Crippen molar-refractivity contribution in [2.45, 2.75) is 13.0 Å². The molecule has 1 atom stereocenters. The van der Waals surface area contributed by atoms with Gasteiger partial charge < -0.3 is 5.32 Å². The Morgan fingerprint density at radius 1 is 1.11 bits per heavy atom. The molecule has 0 fully saturated rings. The SMILES string of the molecule is C[C@H](Nc1cc(Cl)nn2ccnc12)c1cc2cccc(-c3cnn(C)c3)c2c(=O)n1-c1cccc(F)c1. The third-order valence-corrected chi connectivity index (χ3v) is 6.49. The van der Waals surface area contributed by atoms with Crippen molar-refractivity contribution in [3.8, 4) is 16.8 Å². The number of nitrogens with zero attached hydrogens (tertiary/aromatic N) is 6. The lowest BCUT2D eigenvalue weighted by Gasteiger charge is -2.22. The quantitative estimate of drug-likeness (QED) is 0.334. The fraction of sp³-hybridized carbons (Fsp3) is 0.111. The monoisotopic (exact) mass is 513 g/mol. The highest BCUT2D eigenvalue weighted by atomic mass is 35.5. The molecule has 37 heavy (non-hydrogen) atoms. The second-order valence-electron chi connectivity index (χ2n) is 8.80. The molecule has 8 nitrogen and oxygen atoms in total. The Morgan fingerprint density at radius 3 is 2.73 bits per heavy atom. The van der Waals surface area contributed by atoms with Gasteiger partial charge in [-0.3, -0.25) is 14.0 Å². The van der Waals surface area contributed by atoms with Gasteiger partial charge in [0.05, 0.1) is 29.0 Å². The van der Waals surface area contributed by atoms with Crippen LogP contribution in [0, 0.1) is 5.82 Å². The molecule has 0 unspecified atom stereocenters. The number of nitrogens with one attached hydrogen (secondary N) is 1. The van der Waals surface area contributed by atoms with Crippen LogP contribution in [0.25, 0.3) is 33.2 Å². The fourth-order valence-electron chi connectivity index (χ4n) is 4.68. The van der Waals surface area contributed by atoms with Crippen LogP contribution in [0.5, 0.6) is 0 Å². The molecule has 184 valence electrons. The molecule has 0 aliphatic heterocycles. The average molecular weight is 514 g/mol. The van der Waals surface area contributed by atoms with Crippen LogP contribution < -0.4 is 10.9 Å². The van der Waals surface area contributed by atoms with E-state index in [0.29, 0.717) is 33.3 Å². The second-order valence-corrected chi connectivity index (χ2v) is 9.19. The Hall–Kier alpha value is -4.50. The maximum atomic E-state index is 14.3. The van der Waals surface area contributed by atoms with Gasteiger partial charge in [-0.2, -0.15) is 10.2 Å². The van der Waals surface area contributed by atoms with E-state index in [-0.39, 0.29) is 11.6 Å². The molecular formula is C27H21ClFN7O. The lowest BCUT2D eigenvalue weighted by atomic mass is 9.99. The number of hydrogen-bond acceptors (Lipinski definition) is 5. The normalized spacial score (nSPS) is 12.3. The Kier molecular flexibility index (Phi) is 5.49.